The number of carbonyl (C=O) groups is 1. The molecule has 0 fully saturated rings. The summed E-state index contributed by atoms with van der Waals surface area (Å²) in [7, 11) is -1.09. The number of rotatable bonds is 7. The lowest BCUT2D eigenvalue weighted by atomic mass is 9.94. The molecule has 0 N–H and O–H groups in total. The van der Waals surface area contributed by atoms with E-state index >= 15 is 0 Å². The summed E-state index contributed by atoms with van der Waals surface area (Å²) in [6.07, 6.45) is 2.77. The fourth-order valence-corrected chi connectivity index (χ4v) is 5.74. The van der Waals surface area contributed by atoms with Crippen molar-refractivity contribution in [2.45, 2.75) is 40.0 Å². The maximum absolute atomic E-state index is 13.9. The van der Waals surface area contributed by atoms with Crippen molar-refractivity contribution in [3.05, 3.63) is 95.1 Å². The molecule has 0 bridgehead atoms. The molecule has 0 spiro atoms. The minimum atomic E-state index is -1.09. The molecule has 0 saturated heterocycles. The molecular weight excluding hydrogens is 347 g/mol. The van der Waals surface area contributed by atoms with Gasteiger partial charge in [-0.3, -0.25) is 4.79 Å². The zero-order chi connectivity index (χ0) is 19.2. The van der Waals surface area contributed by atoms with Gasteiger partial charge in [-0.05, 0) is 46.6 Å². The van der Waals surface area contributed by atoms with Gasteiger partial charge in [-0.1, -0.05) is 93.6 Å². The summed E-state index contributed by atoms with van der Waals surface area (Å²) in [5.74, 6) is 0. The third-order valence-corrected chi connectivity index (χ3v) is 7.24. The molecule has 0 saturated carbocycles. The first kappa shape index (κ1) is 19.5. The molecule has 0 aliphatic rings. The van der Waals surface area contributed by atoms with Gasteiger partial charge in [0.05, 0.1) is 0 Å². The second kappa shape index (κ2) is 9.11. The van der Waals surface area contributed by atoms with E-state index in [9.17, 15) is 4.79 Å². The minimum absolute atomic E-state index is 0.277. The lowest BCUT2D eigenvalue weighted by Gasteiger charge is -2.21. The van der Waals surface area contributed by atoms with E-state index in [-0.39, 0.29) is 5.52 Å². The van der Waals surface area contributed by atoms with Crippen molar-refractivity contribution < 1.29 is 4.79 Å². The molecule has 0 radical (unpaired) electrons. The molecule has 3 aromatic rings. The van der Waals surface area contributed by atoms with Gasteiger partial charge in [0.2, 0.25) is 0 Å². The minimum Gasteiger partial charge on any atom is -0.288 e. The zero-order valence-corrected chi connectivity index (χ0v) is 17.3. The van der Waals surface area contributed by atoms with Crippen LogP contribution in [0.3, 0.4) is 0 Å². The van der Waals surface area contributed by atoms with Crippen molar-refractivity contribution in [1.29, 1.82) is 0 Å². The number of hydrogen-bond acceptors (Lipinski definition) is 1. The van der Waals surface area contributed by atoms with Crippen LogP contribution in [0, 0.1) is 0 Å². The van der Waals surface area contributed by atoms with Crippen LogP contribution in [0.1, 0.15) is 47.8 Å². The van der Waals surface area contributed by atoms with Crippen LogP contribution in [0.2, 0.25) is 0 Å². The molecule has 0 heterocycles. The van der Waals surface area contributed by atoms with Gasteiger partial charge in [-0.15, -0.1) is 0 Å². The Morgan fingerprint density at radius 1 is 0.704 bits per heavy atom. The van der Waals surface area contributed by atoms with Gasteiger partial charge in [0, 0.05) is 13.5 Å². The molecule has 0 unspecified atom stereocenters. The highest BCUT2D eigenvalue weighted by molar-refractivity contribution is 7.88. The van der Waals surface area contributed by atoms with E-state index in [1.165, 1.54) is 16.7 Å². The van der Waals surface area contributed by atoms with E-state index in [2.05, 4.69) is 57.2 Å². The fourth-order valence-electron chi connectivity index (χ4n) is 3.53. The summed E-state index contributed by atoms with van der Waals surface area (Å²) in [5.41, 5.74) is 4.94. The topological polar surface area (TPSA) is 17.1 Å². The van der Waals surface area contributed by atoms with Crippen molar-refractivity contribution in [3.8, 4) is 0 Å². The Bertz CT molecular complexity index is 836. The standard InChI is InChI=1S/C25H27OP/c1-4-19-17-20(5-2)24(21(6-3)18-19)25(26)27(22-13-9-7-10-14-22)23-15-11-8-12-16-23/h7-18H,4-6H2,1-3H3. The molecule has 3 aromatic carbocycles. The first-order chi connectivity index (χ1) is 13.2. The van der Waals surface area contributed by atoms with Gasteiger partial charge in [0.15, 0.2) is 5.52 Å². The van der Waals surface area contributed by atoms with Gasteiger partial charge in [0.25, 0.3) is 0 Å². The first-order valence-corrected chi connectivity index (χ1v) is 11.1. The lowest BCUT2D eigenvalue weighted by Crippen LogP contribution is -2.20. The summed E-state index contributed by atoms with van der Waals surface area (Å²) in [5, 5.41) is 2.24. The summed E-state index contributed by atoms with van der Waals surface area (Å²) >= 11 is 0. The Hall–Kier alpha value is -2.24. The number of aryl methyl sites for hydroxylation is 3. The predicted octanol–water partition coefficient (Wildman–Crippen LogP) is 5.65. The molecule has 0 amide bonds. The quantitative estimate of drug-likeness (QED) is 0.489. The second-order valence-electron chi connectivity index (χ2n) is 6.66. The van der Waals surface area contributed by atoms with Crippen LogP contribution in [0.15, 0.2) is 72.8 Å². The van der Waals surface area contributed by atoms with Gasteiger partial charge in [-0.25, -0.2) is 0 Å². The average molecular weight is 374 g/mol. The normalized spacial score (nSPS) is 11.0. The smallest absolute Gasteiger partial charge is 0.193 e. The molecule has 0 aliphatic heterocycles. The van der Waals surface area contributed by atoms with E-state index in [1.807, 2.05) is 36.4 Å². The monoisotopic (exact) mass is 374 g/mol. The predicted molar refractivity (Wildman–Crippen MR) is 118 cm³/mol. The number of hydrogen-bond donors (Lipinski definition) is 0. The second-order valence-corrected chi connectivity index (χ2v) is 8.77. The van der Waals surface area contributed by atoms with E-state index < -0.39 is 7.92 Å². The van der Waals surface area contributed by atoms with Crippen molar-refractivity contribution in [2.75, 3.05) is 0 Å². The molecular formula is C25H27OP. The summed E-state index contributed by atoms with van der Waals surface area (Å²) < 4.78 is 0. The molecule has 27 heavy (non-hydrogen) atoms. The molecule has 2 heteroatoms. The summed E-state index contributed by atoms with van der Waals surface area (Å²) in [6, 6.07) is 25.0. The van der Waals surface area contributed by atoms with E-state index in [1.54, 1.807) is 0 Å². The Kier molecular flexibility index (Phi) is 6.58. The Balaban J connectivity index is 2.18. The Morgan fingerprint density at radius 2 is 1.15 bits per heavy atom. The third kappa shape index (κ3) is 4.20. The maximum Gasteiger partial charge on any atom is 0.193 e. The molecule has 1 nitrogen and oxygen atoms in total. The SMILES string of the molecule is CCc1cc(CC)c(C(=O)P(c2ccccc2)c2ccccc2)c(CC)c1. The van der Waals surface area contributed by atoms with Crippen molar-refractivity contribution >= 4 is 24.1 Å². The molecule has 0 aromatic heterocycles. The largest absolute Gasteiger partial charge is 0.288 e. The average Bonchev–Trinajstić information content (AvgIpc) is 2.74. The van der Waals surface area contributed by atoms with Crippen LogP contribution in [-0.4, -0.2) is 5.52 Å². The maximum atomic E-state index is 13.9. The van der Waals surface area contributed by atoms with Gasteiger partial charge in [0.1, 0.15) is 0 Å². The highest BCUT2D eigenvalue weighted by Gasteiger charge is 2.27. The van der Waals surface area contributed by atoms with Gasteiger partial charge in [-0.2, -0.15) is 0 Å². The lowest BCUT2D eigenvalue weighted by molar-refractivity contribution is 0.108. The molecule has 0 aliphatic carbocycles. The highest BCUT2D eigenvalue weighted by Crippen LogP contribution is 2.40. The van der Waals surface area contributed by atoms with Crippen LogP contribution in [0.5, 0.6) is 0 Å². The third-order valence-electron chi connectivity index (χ3n) is 4.98. The van der Waals surface area contributed by atoms with Crippen molar-refractivity contribution in [3.63, 3.8) is 0 Å². The fraction of sp³-hybridized carbons (Fsp3) is 0.240. The summed E-state index contributed by atoms with van der Waals surface area (Å²) in [6.45, 7) is 6.48. The van der Waals surface area contributed by atoms with Gasteiger partial charge >= 0.3 is 0 Å². The van der Waals surface area contributed by atoms with Crippen molar-refractivity contribution in [1.82, 2.24) is 0 Å². The van der Waals surface area contributed by atoms with Crippen LogP contribution in [-0.2, 0) is 19.3 Å². The Morgan fingerprint density at radius 3 is 1.52 bits per heavy atom. The number of benzene rings is 3. The highest BCUT2D eigenvalue weighted by atomic mass is 31.1. The molecule has 3 rings (SSSR count). The van der Waals surface area contributed by atoms with Crippen LogP contribution in [0.4, 0.5) is 0 Å². The van der Waals surface area contributed by atoms with Crippen LogP contribution >= 0.6 is 7.92 Å². The molecule has 0 atom stereocenters. The first-order valence-electron chi connectivity index (χ1n) is 9.78. The number of carbonyl (C=O) groups excluding carboxylic acids is 1. The van der Waals surface area contributed by atoms with Crippen molar-refractivity contribution in [2.24, 2.45) is 0 Å². The van der Waals surface area contributed by atoms with Gasteiger partial charge < -0.3 is 0 Å². The van der Waals surface area contributed by atoms with E-state index in [4.69, 9.17) is 0 Å². The van der Waals surface area contributed by atoms with Crippen LogP contribution in [0.25, 0.3) is 0 Å². The zero-order valence-electron chi connectivity index (χ0n) is 16.4. The Labute approximate surface area is 164 Å². The summed E-state index contributed by atoms with van der Waals surface area (Å²) in [4.78, 5) is 13.9. The van der Waals surface area contributed by atoms with E-state index in [0.29, 0.717) is 0 Å². The molecule has 138 valence electrons. The van der Waals surface area contributed by atoms with E-state index in [0.717, 1.165) is 35.4 Å². The van der Waals surface area contributed by atoms with Crippen LogP contribution < -0.4 is 10.6 Å².